The Labute approximate surface area is 125 Å². The lowest BCUT2D eigenvalue weighted by atomic mass is 9.89. The summed E-state index contributed by atoms with van der Waals surface area (Å²) in [6, 6.07) is 0. The number of rotatable bonds is 1. The molecule has 1 aromatic rings. The molecule has 0 bridgehead atoms. The van der Waals surface area contributed by atoms with Gasteiger partial charge in [0.15, 0.2) is 0 Å². The molecule has 1 fully saturated rings. The van der Waals surface area contributed by atoms with Gasteiger partial charge in [-0.05, 0) is 48.7 Å². The monoisotopic (exact) mass is 349 g/mol. The van der Waals surface area contributed by atoms with E-state index in [4.69, 9.17) is 14.6 Å². The summed E-state index contributed by atoms with van der Waals surface area (Å²) in [4.78, 5) is 11.5. The van der Waals surface area contributed by atoms with Crippen molar-refractivity contribution in [2.24, 2.45) is 0 Å². The van der Waals surface area contributed by atoms with E-state index in [1.54, 1.807) is 11.3 Å². The molecule has 1 saturated heterocycles. The highest BCUT2D eigenvalue weighted by Crippen LogP contribution is 2.40. The number of aryl methyl sites for hydroxylation is 2. The molecule has 2 rings (SSSR count). The number of ether oxygens (including phenoxy) is 1. The third kappa shape index (κ3) is 4.56. The zero-order valence-electron chi connectivity index (χ0n) is 11.2. The molecule has 19 heavy (non-hydrogen) atoms. The standard InChI is InChI=1S/C11H15BrO2S.C2H4O2/c1-6-10(11(12)7(2)15-6)8-3-4-14-5-9(8)13;1-2(3)4/h8-9,13H,3-5H2,1-2H3;1H3,(H,3,4)/p-1. The van der Waals surface area contributed by atoms with Gasteiger partial charge >= 0.3 is 0 Å². The molecule has 1 aromatic heterocycles. The quantitative estimate of drug-likeness (QED) is 0.838. The lowest BCUT2D eigenvalue weighted by Crippen LogP contribution is -2.30. The molecule has 2 atom stereocenters. The molecule has 0 aliphatic carbocycles. The molecule has 4 nitrogen and oxygen atoms in total. The summed E-state index contributed by atoms with van der Waals surface area (Å²) in [6.45, 7) is 6.42. The van der Waals surface area contributed by atoms with E-state index < -0.39 is 5.97 Å². The van der Waals surface area contributed by atoms with Gasteiger partial charge in [0.2, 0.25) is 0 Å². The topological polar surface area (TPSA) is 69.6 Å². The number of halogens is 1. The fourth-order valence-electron chi connectivity index (χ4n) is 2.16. The van der Waals surface area contributed by atoms with Crippen molar-refractivity contribution in [2.75, 3.05) is 13.2 Å². The van der Waals surface area contributed by atoms with Crippen LogP contribution in [0, 0.1) is 13.8 Å². The van der Waals surface area contributed by atoms with Crippen LogP contribution in [0.1, 0.15) is 34.6 Å². The molecule has 1 aliphatic heterocycles. The van der Waals surface area contributed by atoms with E-state index in [-0.39, 0.29) is 12.0 Å². The largest absolute Gasteiger partial charge is 0.550 e. The number of aliphatic carboxylic acids is 1. The van der Waals surface area contributed by atoms with Gasteiger partial charge in [0.25, 0.3) is 0 Å². The maximum Gasteiger partial charge on any atom is 0.0843 e. The maximum absolute atomic E-state index is 9.94. The van der Waals surface area contributed by atoms with Crippen LogP contribution < -0.4 is 5.11 Å². The molecule has 6 heteroatoms. The van der Waals surface area contributed by atoms with E-state index >= 15 is 0 Å². The predicted octanol–water partition coefficient (Wildman–Crippen LogP) is 1.75. The normalized spacial score (nSPS) is 22.6. The highest BCUT2D eigenvalue weighted by Gasteiger charge is 2.29. The fourth-order valence-corrected chi connectivity index (χ4v) is 4.14. The summed E-state index contributed by atoms with van der Waals surface area (Å²) in [6.07, 6.45) is 0.555. The Kier molecular flexibility index (Phi) is 6.46. The van der Waals surface area contributed by atoms with Gasteiger partial charge in [-0.3, -0.25) is 0 Å². The zero-order valence-corrected chi connectivity index (χ0v) is 13.6. The van der Waals surface area contributed by atoms with Gasteiger partial charge in [-0.25, -0.2) is 0 Å². The molecule has 0 radical (unpaired) electrons. The van der Waals surface area contributed by atoms with Crippen LogP contribution in [0.3, 0.4) is 0 Å². The first-order valence-corrected chi connectivity index (χ1v) is 7.64. The number of hydrogen-bond acceptors (Lipinski definition) is 5. The Hall–Kier alpha value is -0.430. The average molecular weight is 350 g/mol. The Bertz CT molecular complexity index is 440. The number of aliphatic hydroxyl groups excluding tert-OH is 1. The number of carbonyl (C=O) groups is 1. The van der Waals surface area contributed by atoms with Crippen LogP contribution in [0.5, 0.6) is 0 Å². The average Bonchev–Trinajstić information content (AvgIpc) is 2.54. The lowest BCUT2D eigenvalue weighted by molar-refractivity contribution is -0.302. The molecule has 1 aliphatic rings. The number of thiophene rings is 1. The minimum absolute atomic E-state index is 0.234. The van der Waals surface area contributed by atoms with Crippen LogP contribution in [0.15, 0.2) is 4.47 Å². The number of carboxylic acid groups (broad SMARTS) is 1. The number of aliphatic hydroxyl groups is 1. The van der Waals surface area contributed by atoms with Crippen molar-refractivity contribution in [1.29, 1.82) is 0 Å². The van der Waals surface area contributed by atoms with Crippen LogP contribution in [-0.2, 0) is 9.53 Å². The third-order valence-electron chi connectivity index (χ3n) is 2.93. The molecular weight excluding hydrogens is 332 g/mol. The van der Waals surface area contributed by atoms with Gasteiger partial charge < -0.3 is 19.7 Å². The maximum atomic E-state index is 9.94. The van der Waals surface area contributed by atoms with E-state index in [0.29, 0.717) is 6.61 Å². The minimum Gasteiger partial charge on any atom is -0.550 e. The number of carbonyl (C=O) groups excluding carboxylic acids is 1. The first-order valence-electron chi connectivity index (χ1n) is 6.03. The summed E-state index contributed by atoms with van der Waals surface area (Å²) in [7, 11) is 0. The van der Waals surface area contributed by atoms with E-state index in [0.717, 1.165) is 20.0 Å². The van der Waals surface area contributed by atoms with Gasteiger partial charge in [0, 0.05) is 32.7 Å². The Balaban J connectivity index is 0.000000399. The molecule has 108 valence electrons. The molecule has 0 amide bonds. The van der Waals surface area contributed by atoms with Crippen molar-refractivity contribution in [3.8, 4) is 0 Å². The lowest BCUT2D eigenvalue weighted by Gasteiger charge is -2.28. The Morgan fingerprint density at radius 1 is 1.47 bits per heavy atom. The highest BCUT2D eigenvalue weighted by molar-refractivity contribution is 9.10. The Morgan fingerprint density at radius 3 is 2.47 bits per heavy atom. The van der Waals surface area contributed by atoms with E-state index in [9.17, 15) is 5.11 Å². The van der Waals surface area contributed by atoms with E-state index in [1.165, 1.54) is 19.8 Å². The Morgan fingerprint density at radius 2 is 2.05 bits per heavy atom. The minimum atomic E-state index is -1.08. The molecule has 0 aromatic carbocycles. The predicted molar refractivity (Wildman–Crippen MR) is 76.4 cm³/mol. The van der Waals surface area contributed by atoms with Gasteiger partial charge in [-0.1, -0.05) is 0 Å². The molecular formula is C13H18BrO4S-. The third-order valence-corrected chi connectivity index (χ3v) is 5.25. The van der Waals surface area contributed by atoms with Gasteiger partial charge in [0.1, 0.15) is 0 Å². The van der Waals surface area contributed by atoms with Crippen LogP contribution in [-0.4, -0.2) is 30.4 Å². The van der Waals surface area contributed by atoms with E-state index in [1.807, 2.05) is 0 Å². The van der Waals surface area contributed by atoms with Gasteiger partial charge in [-0.2, -0.15) is 0 Å². The number of carboxylic acids is 1. The first-order chi connectivity index (χ1) is 8.84. The second-order valence-electron chi connectivity index (χ2n) is 4.47. The molecule has 1 N–H and O–H groups in total. The summed E-state index contributed by atoms with van der Waals surface area (Å²) < 4.78 is 6.43. The smallest absolute Gasteiger partial charge is 0.0843 e. The highest BCUT2D eigenvalue weighted by atomic mass is 79.9. The van der Waals surface area contributed by atoms with Crippen LogP contribution >= 0.6 is 27.3 Å². The van der Waals surface area contributed by atoms with Gasteiger partial charge in [0.05, 0.1) is 12.7 Å². The summed E-state index contributed by atoms with van der Waals surface area (Å²) in [5.74, 6) is -0.849. The van der Waals surface area contributed by atoms with E-state index in [2.05, 4.69) is 29.8 Å². The van der Waals surface area contributed by atoms with Crippen molar-refractivity contribution >= 4 is 33.2 Å². The van der Waals surface area contributed by atoms with Crippen molar-refractivity contribution in [3.63, 3.8) is 0 Å². The SMILES string of the molecule is CC(=O)[O-].Cc1sc(C)c(C2CCOCC2O)c1Br. The molecule has 2 heterocycles. The second-order valence-corrected chi connectivity index (χ2v) is 6.69. The van der Waals surface area contributed by atoms with Gasteiger partial charge in [-0.15, -0.1) is 11.3 Å². The number of hydrogen-bond donors (Lipinski definition) is 1. The van der Waals surface area contributed by atoms with Crippen molar-refractivity contribution in [2.45, 2.75) is 39.2 Å². The van der Waals surface area contributed by atoms with Crippen LogP contribution in [0.4, 0.5) is 0 Å². The summed E-state index contributed by atoms with van der Waals surface area (Å²) in [5.41, 5.74) is 1.29. The first kappa shape index (κ1) is 16.6. The zero-order chi connectivity index (χ0) is 14.6. The van der Waals surface area contributed by atoms with Crippen molar-refractivity contribution in [3.05, 3.63) is 19.8 Å². The summed E-state index contributed by atoms with van der Waals surface area (Å²) in [5, 5.41) is 18.8. The van der Waals surface area contributed by atoms with Crippen LogP contribution in [0.25, 0.3) is 0 Å². The van der Waals surface area contributed by atoms with Crippen molar-refractivity contribution in [1.82, 2.24) is 0 Å². The molecule has 0 spiro atoms. The van der Waals surface area contributed by atoms with Crippen molar-refractivity contribution < 1.29 is 19.7 Å². The summed E-state index contributed by atoms with van der Waals surface area (Å²) >= 11 is 5.42. The molecule has 2 unspecified atom stereocenters. The molecule has 0 saturated carbocycles. The fraction of sp³-hybridized carbons (Fsp3) is 0.615. The van der Waals surface area contributed by atoms with Crippen LogP contribution in [0.2, 0.25) is 0 Å². The second kappa shape index (κ2) is 7.38.